The number of unbranched alkanes of at least 4 members (excludes halogenated alkanes) is 5. The smallest absolute Gasteiger partial charge is 0.193 e. The van der Waals surface area contributed by atoms with Crippen LogP contribution in [0.2, 0.25) is 0 Å². The number of hydrogen-bond donors (Lipinski definition) is 0. The summed E-state index contributed by atoms with van der Waals surface area (Å²) in [5.41, 5.74) is 5.25. The molecule has 0 N–H and O–H groups in total. The predicted molar refractivity (Wildman–Crippen MR) is 162 cm³/mol. The lowest BCUT2D eigenvalue weighted by molar-refractivity contribution is 0.103. The van der Waals surface area contributed by atoms with Crippen LogP contribution in [-0.4, -0.2) is 16.1 Å². The predicted octanol–water partition coefficient (Wildman–Crippen LogP) is 8.36. The van der Waals surface area contributed by atoms with Crippen molar-refractivity contribution in [3.05, 3.63) is 118 Å². The van der Waals surface area contributed by atoms with Crippen molar-refractivity contribution in [1.82, 2.24) is 4.57 Å². The number of carbonyl (C=O) groups excluding carboxylic acids is 2. The molecule has 0 aliphatic heterocycles. The van der Waals surface area contributed by atoms with Gasteiger partial charge in [0.25, 0.3) is 0 Å². The quantitative estimate of drug-likeness (QED) is 0.125. The maximum Gasteiger partial charge on any atom is 0.193 e. The number of nitriles is 2. The first kappa shape index (κ1) is 27.6. The molecular weight excluding hydrogens is 506 g/mol. The van der Waals surface area contributed by atoms with Gasteiger partial charge in [-0.1, -0.05) is 39.0 Å². The van der Waals surface area contributed by atoms with Crippen LogP contribution in [0.3, 0.4) is 0 Å². The van der Waals surface area contributed by atoms with Crippen molar-refractivity contribution in [2.45, 2.75) is 52.0 Å². The van der Waals surface area contributed by atoms with Crippen molar-refractivity contribution in [2.75, 3.05) is 0 Å². The molecule has 0 aliphatic rings. The molecule has 0 radical (unpaired) electrons. The first-order valence-corrected chi connectivity index (χ1v) is 14.2. The number of hydrogen-bond acceptors (Lipinski definition) is 4. The minimum Gasteiger partial charge on any atom is -0.340 e. The van der Waals surface area contributed by atoms with Crippen LogP contribution < -0.4 is 0 Å². The lowest BCUT2D eigenvalue weighted by Crippen LogP contribution is -2.02. The van der Waals surface area contributed by atoms with Crippen LogP contribution >= 0.6 is 0 Å². The average Bonchev–Trinajstić information content (AvgIpc) is 3.34. The van der Waals surface area contributed by atoms with Gasteiger partial charge in [-0.2, -0.15) is 10.5 Å². The first-order valence-electron chi connectivity index (χ1n) is 14.2. The highest BCUT2D eigenvalue weighted by molar-refractivity contribution is 6.17. The lowest BCUT2D eigenvalue weighted by atomic mass is 9.98. The normalized spacial score (nSPS) is 10.9. The highest BCUT2D eigenvalue weighted by Gasteiger charge is 2.17. The fraction of sp³-hybridized carbons (Fsp3) is 0.222. The molecule has 0 amide bonds. The number of ketones is 2. The van der Waals surface area contributed by atoms with Crippen molar-refractivity contribution in [1.29, 1.82) is 10.5 Å². The number of rotatable bonds is 11. The van der Waals surface area contributed by atoms with Crippen LogP contribution in [-0.2, 0) is 6.54 Å². The van der Waals surface area contributed by atoms with Gasteiger partial charge in [0.1, 0.15) is 0 Å². The third-order valence-corrected chi connectivity index (χ3v) is 7.68. The third-order valence-electron chi connectivity index (χ3n) is 7.68. The second-order valence-corrected chi connectivity index (χ2v) is 10.4. The summed E-state index contributed by atoms with van der Waals surface area (Å²) < 4.78 is 2.30. The number of aryl methyl sites for hydroxylation is 1. The second-order valence-electron chi connectivity index (χ2n) is 10.4. The van der Waals surface area contributed by atoms with E-state index in [1.54, 1.807) is 48.5 Å². The summed E-state index contributed by atoms with van der Waals surface area (Å²) in [6.07, 6.45) is 7.18. The molecule has 0 aliphatic carbocycles. The molecule has 5 rings (SSSR count). The Kier molecular flexibility index (Phi) is 8.37. The molecule has 202 valence electrons. The number of carbonyl (C=O) groups is 2. The molecule has 0 spiro atoms. The largest absolute Gasteiger partial charge is 0.340 e. The molecule has 5 heteroatoms. The van der Waals surface area contributed by atoms with Crippen molar-refractivity contribution in [3.8, 4) is 12.1 Å². The minimum atomic E-state index is -0.113. The molecular formula is C36H31N3O2. The van der Waals surface area contributed by atoms with Crippen molar-refractivity contribution in [3.63, 3.8) is 0 Å². The summed E-state index contributed by atoms with van der Waals surface area (Å²) >= 11 is 0. The molecule has 5 nitrogen and oxygen atoms in total. The zero-order valence-electron chi connectivity index (χ0n) is 23.2. The Bertz CT molecular complexity index is 1690. The van der Waals surface area contributed by atoms with E-state index in [9.17, 15) is 9.59 Å². The van der Waals surface area contributed by atoms with E-state index in [2.05, 4.69) is 23.6 Å². The zero-order valence-corrected chi connectivity index (χ0v) is 23.2. The zero-order chi connectivity index (χ0) is 28.8. The van der Waals surface area contributed by atoms with E-state index in [1.165, 1.54) is 25.7 Å². The first-order chi connectivity index (χ1) is 20.0. The number of aromatic nitrogens is 1. The van der Waals surface area contributed by atoms with Gasteiger partial charge in [-0.05, 0) is 91.3 Å². The van der Waals surface area contributed by atoms with Gasteiger partial charge in [-0.25, -0.2) is 0 Å². The average molecular weight is 538 g/mol. The monoisotopic (exact) mass is 537 g/mol. The Morgan fingerprint density at radius 1 is 0.585 bits per heavy atom. The van der Waals surface area contributed by atoms with Crippen molar-refractivity contribution >= 4 is 33.4 Å². The number of benzene rings is 4. The highest BCUT2D eigenvalue weighted by atomic mass is 16.1. The molecule has 0 saturated heterocycles. The maximum absolute atomic E-state index is 13.4. The summed E-state index contributed by atoms with van der Waals surface area (Å²) in [5, 5.41) is 20.1. The number of nitrogens with zero attached hydrogens (tertiary/aromatic N) is 3. The molecule has 0 fully saturated rings. The maximum atomic E-state index is 13.4. The van der Waals surface area contributed by atoms with Gasteiger partial charge in [0.05, 0.1) is 23.3 Å². The molecule has 0 atom stereocenters. The summed E-state index contributed by atoms with van der Waals surface area (Å²) in [6, 6.07) is 29.1. The second kappa shape index (κ2) is 12.5. The molecule has 1 aromatic heterocycles. The van der Waals surface area contributed by atoms with E-state index in [4.69, 9.17) is 10.5 Å². The molecule has 0 saturated carbocycles. The van der Waals surface area contributed by atoms with Crippen LogP contribution in [0.4, 0.5) is 0 Å². The minimum absolute atomic E-state index is 0.113. The Morgan fingerprint density at radius 2 is 1.00 bits per heavy atom. The molecule has 0 bridgehead atoms. The van der Waals surface area contributed by atoms with Crippen LogP contribution in [0.1, 0.15) is 88.4 Å². The van der Waals surface area contributed by atoms with E-state index < -0.39 is 0 Å². The van der Waals surface area contributed by atoms with E-state index in [1.807, 2.05) is 36.4 Å². The Labute approximate surface area is 240 Å². The summed E-state index contributed by atoms with van der Waals surface area (Å²) in [5.74, 6) is -0.226. The van der Waals surface area contributed by atoms with E-state index >= 15 is 0 Å². The van der Waals surface area contributed by atoms with Gasteiger partial charge >= 0.3 is 0 Å². The van der Waals surface area contributed by atoms with Gasteiger partial charge < -0.3 is 4.57 Å². The van der Waals surface area contributed by atoms with Crippen LogP contribution in [0.15, 0.2) is 84.9 Å². The molecule has 4 aromatic carbocycles. The van der Waals surface area contributed by atoms with Gasteiger partial charge in [0.2, 0.25) is 0 Å². The van der Waals surface area contributed by atoms with Gasteiger partial charge in [-0.15, -0.1) is 0 Å². The lowest BCUT2D eigenvalue weighted by Gasteiger charge is -2.09. The summed E-state index contributed by atoms with van der Waals surface area (Å²) in [6.45, 7) is 3.08. The molecule has 41 heavy (non-hydrogen) atoms. The topological polar surface area (TPSA) is 86.7 Å². The van der Waals surface area contributed by atoms with Crippen LogP contribution in [0, 0.1) is 22.7 Å². The van der Waals surface area contributed by atoms with Crippen molar-refractivity contribution < 1.29 is 9.59 Å². The standard InChI is InChI=1S/C36H31N3O2/c1-2-3-4-5-6-7-20-39-33-18-16-29(35(40)27-12-8-25(23-37)9-13-27)21-31(33)32-22-30(17-19-34(32)39)36(41)28-14-10-26(24-38)11-15-28/h8-19,21-22H,2-7,20H2,1H3. The molecule has 5 aromatic rings. The van der Waals surface area contributed by atoms with Gasteiger partial charge in [0, 0.05) is 50.6 Å². The van der Waals surface area contributed by atoms with Gasteiger partial charge in [0.15, 0.2) is 11.6 Å². The van der Waals surface area contributed by atoms with E-state index in [-0.39, 0.29) is 11.6 Å². The Morgan fingerprint density at radius 3 is 1.44 bits per heavy atom. The van der Waals surface area contributed by atoms with E-state index in [0.717, 1.165) is 41.2 Å². The highest BCUT2D eigenvalue weighted by Crippen LogP contribution is 2.32. The number of fused-ring (bicyclic) bond motifs is 3. The summed E-state index contributed by atoms with van der Waals surface area (Å²) in [7, 11) is 0. The summed E-state index contributed by atoms with van der Waals surface area (Å²) in [4.78, 5) is 26.8. The molecule has 0 unspecified atom stereocenters. The van der Waals surface area contributed by atoms with Crippen LogP contribution in [0.25, 0.3) is 21.8 Å². The molecule has 1 heterocycles. The Balaban J connectivity index is 1.55. The van der Waals surface area contributed by atoms with Gasteiger partial charge in [-0.3, -0.25) is 9.59 Å². The SMILES string of the molecule is CCCCCCCCn1c2ccc(C(=O)c3ccc(C#N)cc3)cc2c2cc(C(=O)c3ccc(C#N)cc3)ccc21. The fourth-order valence-corrected chi connectivity index (χ4v) is 5.40. The third kappa shape index (κ3) is 5.81. The Hall–Kier alpha value is -5.00. The van der Waals surface area contributed by atoms with Crippen LogP contribution in [0.5, 0.6) is 0 Å². The van der Waals surface area contributed by atoms with E-state index in [0.29, 0.717) is 33.4 Å². The fourth-order valence-electron chi connectivity index (χ4n) is 5.40. The van der Waals surface area contributed by atoms with Crippen molar-refractivity contribution in [2.24, 2.45) is 0 Å².